The van der Waals surface area contributed by atoms with E-state index in [0.29, 0.717) is 16.6 Å². The zero-order valence-electron chi connectivity index (χ0n) is 9.30. The van der Waals surface area contributed by atoms with Gasteiger partial charge in [-0.2, -0.15) is 0 Å². The third-order valence-electron chi connectivity index (χ3n) is 3.10. The van der Waals surface area contributed by atoms with Gasteiger partial charge in [0.15, 0.2) is 11.3 Å². The van der Waals surface area contributed by atoms with Crippen molar-refractivity contribution in [1.82, 2.24) is 0 Å². The zero-order valence-corrected chi connectivity index (χ0v) is 9.30. The third-order valence-corrected chi connectivity index (χ3v) is 3.10. The van der Waals surface area contributed by atoms with Gasteiger partial charge in [0.2, 0.25) is 0 Å². The van der Waals surface area contributed by atoms with Crippen molar-refractivity contribution in [2.75, 3.05) is 6.61 Å². The summed E-state index contributed by atoms with van der Waals surface area (Å²) in [7, 11) is 0. The molecule has 0 amide bonds. The Morgan fingerprint density at radius 3 is 2.47 bits per heavy atom. The van der Waals surface area contributed by atoms with Gasteiger partial charge in [0, 0.05) is 23.5 Å². The van der Waals surface area contributed by atoms with Crippen LogP contribution in [0.5, 0.6) is 5.75 Å². The lowest BCUT2D eigenvalue weighted by Gasteiger charge is -2.11. The molecule has 17 heavy (non-hydrogen) atoms. The van der Waals surface area contributed by atoms with Gasteiger partial charge in [-0.15, -0.1) is 0 Å². The molecular formula is C13H12O4. The molecule has 0 bridgehead atoms. The molecule has 0 fully saturated rings. The smallest absolute Gasteiger partial charge is 0.176 e. The van der Waals surface area contributed by atoms with Gasteiger partial charge in [-0.1, -0.05) is 6.92 Å². The largest absolute Gasteiger partial charge is 0.504 e. The number of phenolic OH excluding ortho intramolecular Hbond substituents is 1. The highest BCUT2D eigenvalue weighted by Crippen LogP contribution is 2.41. The van der Waals surface area contributed by atoms with Gasteiger partial charge < -0.3 is 19.0 Å². The third kappa shape index (κ3) is 1.27. The minimum atomic E-state index is -0.0793. The van der Waals surface area contributed by atoms with Crippen LogP contribution in [0.3, 0.4) is 0 Å². The number of furan rings is 2. The van der Waals surface area contributed by atoms with E-state index >= 15 is 0 Å². The van der Waals surface area contributed by atoms with Gasteiger partial charge in [-0.05, 0) is 12.1 Å². The molecule has 0 aliphatic carbocycles. The van der Waals surface area contributed by atoms with E-state index in [1.54, 1.807) is 12.1 Å². The second-order valence-electron chi connectivity index (χ2n) is 4.17. The van der Waals surface area contributed by atoms with Crippen LogP contribution in [-0.4, -0.2) is 16.8 Å². The number of rotatable bonds is 2. The molecule has 1 aromatic carbocycles. The first-order valence-corrected chi connectivity index (χ1v) is 5.44. The number of phenols is 1. The summed E-state index contributed by atoms with van der Waals surface area (Å²) < 4.78 is 10.7. The molecule has 1 atom stereocenters. The van der Waals surface area contributed by atoms with Crippen LogP contribution >= 0.6 is 0 Å². The number of aliphatic hydroxyl groups excluding tert-OH is 1. The molecule has 0 aliphatic heterocycles. The quantitative estimate of drug-likeness (QED) is 0.712. The summed E-state index contributed by atoms with van der Waals surface area (Å²) in [6.45, 7) is 1.92. The molecule has 0 saturated heterocycles. The Kier molecular flexibility index (Phi) is 2.12. The molecule has 3 aromatic rings. The Bertz CT molecular complexity index is 625. The van der Waals surface area contributed by atoms with Crippen molar-refractivity contribution in [3.8, 4) is 5.75 Å². The molecule has 0 radical (unpaired) electrons. The summed E-state index contributed by atoms with van der Waals surface area (Å²) in [5.41, 5.74) is 1.92. The highest BCUT2D eigenvalue weighted by atomic mass is 16.4. The summed E-state index contributed by atoms with van der Waals surface area (Å²) in [6.07, 6.45) is 3.05. The maximum absolute atomic E-state index is 10.1. The molecule has 2 aromatic heterocycles. The van der Waals surface area contributed by atoms with Crippen LogP contribution in [-0.2, 0) is 0 Å². The van der Waals surface area contributed by atoms with Gasteiger partial charge in [0.05, 0.1) is 17.9 Å². The molecule has 1 unspecified atom stereocenters. The summed E-state index contributed by atoms with van der Waals surface area (Å²) in [6, 6.07) is 3.47. The van der Waals surface area contributed by atoms with Gasteiger partial charge in [-0.3, -0.25) is 0 Å². The second-order valence-corrected chi connectivity index (χ2v) is 4.17. The molecule has 0 spiro atoms. The van der Waals surface area contributed by atoms with Crippen molar-refractivity contribution in [2.24, 2.45) is 0 Å². The maximum atomic E-state index is 10.1. The average molecular weight is 232 g/mol. The van der Waals surface area contributed by atoms with Gasteiger partial charge >= 0.3 is 0 Å². The summed E-state index contributed by atoms with van der Waals surface area (Å²) >= 11 is 0. The molecule has 0 aliphatic rings. The minimum absolute atomic E-state index is 0.0147. The Hall–Kier alpha value is -1.94. The van der Waals surface area contributed by atoms with Crippen molar-refractivity contribution in [1.29, 1.82) is 0 Å². The molecule has 2 heterocycles. The van der Waals surface area contributed by atoms with Crippen LogP contribution in [0, 0.1) is 0 Å². The van der Waals surface area contributed by atoms with E-state index in [0.717, 1.165) is 10.9 Å². The van der Waals surface area contributed by atoms with Crippen LogP contribution < -0.4 is 0 Å². The second kappa shape index (κ2) is 3.53. The number of benzene rings is 1. The lowest BCUT2D eigenvalue weighted by atomic mass is 9.96. The van der Waals surface area contributed by atoms with E-state index < -0.39 is 0 Å². The van der Waals surface area contributed by atoms with Crippen molar-refractivity contribution >= 4 is 21.9 Å². The van der Waals surface area contributed by atoms with Crippen molar-refractivity contribution < 1.29 is 19.0 Å². The topological polar surface area (TPSA) is 66.7 Å². The van der Waals surface area contributed by atoms with Crippen LogP contribution in [0.25, 0.3) is 21.9 Å². The highest BCUT2D eigenvalue weighted by Gasteiger charge is 2.21. The highest BCUT2D eigenvalue weighted by molar-refractivity contribution is 6.04. The molecule has 88 valence electrons. The van der Waals surface area contributed by atoms with E-state index in [1.807, 2.05) is 6.92 Å². The zero-order chi connectivity index (χ0) is 12.0. The summed E-state index contributed by atoms with van der Waals surface area (Å²) in [4.78, 5) is 0. The first-order valence-electron chi connectivity index (χ1n) is 5.44. The molecule has 2 N–H and O–H groups in total. The first kappa shape index (κ1) is 10.2. The first-order chi connectivity index (χ1) is 8.24. The number of hydrogen-bond donors (Lipinski definition) is 2. The van der Waals surface area contributed by atoms with Crippen LogP contribution in [0.2, 0.25) is 0 Å². The van der Waals surface area contributed by atoms with Crippen molar-refractivity contribution in [3.63, 3.8) is 0 Å². The van der Waals surface area contributed by atoms with E-state index in [4.69, 9.17) is 8.83 Å². The monoisotopic (exact) mass is 232 g/mol. The number of aliphatic hydroxyl groups is 1. The lowest BCUT2D eigenvalue weighted by Crippen LogP contribution is -2.00. The number of aromatic hydroxyl groups is 1. The number of fused-ring (bicyclic) bond motifs is 2. The molecule has 3 rings (SSSR count). The van der Waals surface area contributed by atoms with Gasteiger partial charge in [-0.25, -0.2) is 0 Å². The minimum Gasteiger partial charge on any atom is -0.504 e. The van der Waals surface area contributed by atoms with Crippen molar-refractivity contribution in [3.05, 3.63) is 30.2 Å². The lowest BCUT2D eigenvalue weighted by molar-refractivity contribution is 0.273. The van der Waals surface area contributed by atoms with Gasteiger partial charge in [0.1, 0.15) is 5.58 Å². The standard InChI is InChI=1S/C13H12O4/c1-7(6-14)10-8-2-4-17-13(8)11(15)9-3-5-16-12(9)10/h2-5,7,14-15H,6H2,1H3. The predicted molar refractivity (Wildman–Crippen MR) is 63.2 cm³/mol. The van der Waals surface area contributed by atoms with E-state index in [9.17, 15) is 10.2 Å². The average Bonchev–Trinajstić information content (AvgIpc) is 2.96. The van der Waals surface area contributed by atoms with Crippen LogP contribution in [0.15, 0.2) is 33.5 Å². The maximum Gasteiger partial charge on any atom is 0.176 e. The Morgan fingerprint density at radius 2 is 1.76 bits per heavy atom. The molecule has 4 heteroatoms. The fourth-order valence-corrected chi connectivity index (χ4v) is 2.23. The SMILES string of the molecule is CC(CO)c1c2ccoc2c(O)c2ccoc12. The Labute approximate surface area is 97.1 Å². The summed E-state index contributed by atoms with van der Waals surface area (Å²) in [5.74, 6) is 0.00647. The predicted octanol–water partition coefficient (Wildman–Crippen LogP) is 2.98. The molecule has 0 saturated carbocycles. The number of hydrogen-bond acceptors (Lipinski definition) is 4. The summed E-state index contributed by atoms with van der Waals surface area (Å²) in [5, 5.41) is 20.8. The van der Waals surface area contributed by atoms with E-state index in [-0.39, 0.29) is 18.3 Å². The van der Waals surface area contributed by atoms with E-state index in [1.165, 1.54) is 12.5 Å². The Balaban J connectivity index is 2.52. The molecular weight excluding hydrogens is 220 g/mol. The van der Waals surface area contributed by atoms with Crippen LogP contribution in [0.4, 0.5) is 0 Å². The van der Waals surface area contributed by atoms with E-state index in [2.05, 4.69) is 0 Å². The Morgan fingerprint density at radius 1 is 1.12 bits per heavy atom. The van der Waals surface area contributed by atoms with Gasteiger partial charge in [0.25, 0.3) is 0 Å². The normalized spacial score (nSPS) is 13.5. The van der Waals surface area contributed by atoms with Crippen LogP contribution in [0.1, 0.15) is 18.4 Å². The molecule has 4 nitrogen and oxygen atoms in total. The van der Waals surface area contributed by atoms with Crippen molar-refractivity contribution in [2.45, 2.75) is 12.8 Å². The fourth-order valence-electron chi connectivity index (χ4n) is 2.23. The fraction of sp³-hybridized carbons (Fsp3) is 0.231.